The molecule has 0 unspecified atom stereocenters. The lowest BCUT2D eigenvalue weighted by molar-refractivity contribution is 0.338. The third kappa shape index (κ3) is 2.56. The van der Waals surface area contributed by atoms with Crippen LogP contribution in [0.2, 0.25) is 0 Å². The molecule has 1 aliphatic rings. The standard InChI is InChI=1S/C11H19N3O/c1-8(2)10-13-11(15-14-10)9-4-3-6-12-7-5-9/h8-9,12H,3-7H2,1-2H3/t9-/m1/s1. The molecule has 1 atom stereocenters. The lowest BCUT2D eigenvalue weighted by Crippen LogP contribution is -2.13. The summed E-state index contributed by atoms with van der Waals surface area (Å²) >= 11 is 0. The van der Waals surface area contributed by atoms with Crippen LogP contribution in [0.1, 0.15) is 56.7 Å². The minimum atomic E-state index is 0.353. The van der Waals surface area contributed by atoms with Crippen molar-refractivity contribution < 1.29 is 4.52 Å². The summed E-state index contributed by atoms with van der Waals surface area (Å²) in [6, 6.07) is 0. The summed E-state index contributed by atoms with van der Waals surface area (Å²) in [6.45, 7) is 6.35. The summed E-state index contributed by atoms with van der Waals surface area (Å²) in [5.41, 5.74) is 0. The first-order valence-corrected chi connectivity index (χ1v) is 5.81. The highest BCUT2D eigenvalue weighted by atomic mass is 16.5. The van der Waals surface area contributed by atoms with Crippen molar-refractivity contribution in [2.45, 2.75) is 44.9 Å². The summed E-state index contributed by atoms with van der Waals surface area (Å²) in [7, 11) is 0. The summed E-state index contributed by atoms with van der Waals surface area (Å²) < 4.78 is 5.33. The van der Waals surface area contributed by atoms with Gasteiger partial charge in [0, 0.05) is 11.8 Å². The average Bonchev–Trinajstić information content (AvgIpc) is 2.55. The fourth-order valence-corrected chi connectivity index (χ4v) is 1.91. The second-order valence-corrected chi connectivity index (χ2v) is 4.52. The smallest absolute Gasteiger partial charge is 0.229 e. The normalized spacial score (nSPS) is 23.0. The third-order valence-electron chi connectivity index (χ3n) is 2.90. The Bertz CT molecular complexity index is 301. The molecule has 1 aliphatic heterocycles. The number of hydrogen-bond acceptors (Lipinski definition) is 4. The molecule has 15 heavy (non-hydrogen) atoms. The highest BCUT2D eigenvalue weighted by molar-refractivity contribution is 4.97. The zero-order valence-corrected chi connectivity index (χ0v) is 9.49. The lowest BCUT2D eigenvalue weighted by atomic mass is 10.0. The maximum Gasteiger partial charge on any atom is 0.229 e. The van der Waals surface area contributed by atoms with Gasteiger partial charge in [0.1, 0.15) is 0 Å². The average molecular weight is 209 g/mol. The van der Waals surface area contributed by atoms with Gasteiger partial charge in [-0.1, -0.05) is 19.0 Å². The Morgan fingerprint density at radius 1 is 1.33 bits per heavy atom. The fraction of sp³-hybridized carbons (Fsp3) is 0.818. The van der Waals surface area contributed by atoms with Crippen molar-refractivity contribution in [2.24, 2.45) is 0 Å². The van der Waals surface area contributed by atoms with E-state index < -0.39 is 0 Å². The van der Waals surface area contributed by atoms with E-state index in [1.54, 1.807) is 0 Å². The molecule has 1 aromatic rings. The molecule has 0 saturated carbocycles. The van der Waals surface area contributed by atoms with E-state index in [-0.39, 0.29) is 0 Å². The molecular formula is C11H19N3O. The van der Waals surface area contributed by atoms with Crippen LogP contribution in [-0.2, 0) is 0 Å². The van der Waals surface area contributed by atoms with E-state index in [1.807, 2.05) is 0 Å². The molecule has 0 bridgehead atoms. The number of nitrogens with zero attached hydrogens (tertiary/aromatic N) is 2. The van der Waals surface area contributed by atoms with Crippen LogP contribution < -0.4 is 5.32 Å². The van der Waals surface area contributed by atoms with Crippen molar-refractivity contribution >= 4 is 0 Å². The van der Waals surface area contributed by atoms with E-state index in [9.17, 15) is 0 Å². The Labute approximate surface area is 90.4 Å². The van der Waals surface area contributed by atoms with Crippen molar-refractivity contribution in [1.29, 1.82) is 0 Å². The fourth-order valence-electron chi connectivity index (χ4n) is 1.91. The van der Waals surface area contributed by atoms with E-state index in [4.69, 9.17) is 4.52 Å². The van der Waals surface area contributed by atoms with Crippen molar-refractivity contribution in [2.75, 3.05) is 13.1 Å². The predicted molar refractivity (Wildman–Crippen MR) is 57.8 cm³/mol. The topological polar surface area (TPSA) is 51.0 Å². The van der Waals surface area contributed by atoms with Crippen LogP contribution in [-0.4, -0.2) is 23.2 Å². The van der Waals surface area contributed by atoms with Gasteiger partial charge in [-0.05, 0) is 32.4 Å². The summed E-state index contributed by atoms with van der Waals surface area (Å²) in [5, 5.41) is 7.40. The van der Waals surface area contributed by atoms with Crippen LogP contribution >= 0.6 is 0 Å². The zero-order valence-electron chi connectivity index (χ0n) is 9.49. The molecule has 4 nitrogen and oxygen atoms in total. The van der Waals surface area contributed by atoms with Crippen LogP contribution in [0, 0.1) is 0 Å². The second-order valence-electron chi connectivity index (χ2n) is 4.52. The molecule has 4 heteroatoms. The van der Waals surface area contributed by atoms with Gasteiger partial charge in [0.05, 0.1) is 0 Å². The zero-order chi connectivity index (χ0) is 10.7. The number of rotatable bonds is 2. The van der Waals surface area contributed by atoms with Gasteiger partial charge in [-0.15, -0.1) is 0 Å². The Balaban J connectivity index is 2.06. The second kappa shape index (κ2) is 4.75. The van der Waals surface area contributed by atoms with Crippen LogP contribution in [0.3, 0.4) is 0 Å². The lowest BCUT2D eigenvalue weighted by Gasteiger charge is -2.06. The van der Waals surface area contributed by atoms with Crippen LogP contribution in [0.4, 0.5) is 0 Å². The summed E-state index contributed by atoms with van der Waals surface area (Å²) in [6.07, 6.45) is 3.47. The third-order valence-corrected chi connectivity index (χ3v) is 2.90. The summed E-state index contributed by atoms with van der Waals surface area (Å²) in [5.74, 6) is 2.48. The van der Waals surface area contributed by atoms with Gasteiger partial charge < -0.3 is 9.84 Å². The van der Waals surface area contributed by atoms with Gasteiger partial charge in [0.2, 0.25) is 5.89 Å². The van der Waals surface area contributed by atoms with Crippen LogP contribution in [0.5, 0.6) is 0 Å². The monoisotopic (exact) mass is 209 g/mol. The van der Waals surface area contributed by atoms with E-state index in [0.29, 0.717) is 11.8 Å². The summed E-state index contributed by atoms with van der Waals surface area (Å²) in [4.78, 5) is 4.47. The number of nitrogens with one attached hydrogen (secondary N) is 1. The predicted octanol–water partition coefficient (Wildman–Crippen LogP) is 2.05. The van der Waals surface area contributed by atoms with E-state index in [0.717, 1.165) is 37.6 Å². The molecule has 1 N–H and O–H groups in total. The molecule has 0 aliphatic carbocycles. The SMILES string of the molecule is CC(C)c1noc([C@@H]2CCCNCC2)n1. The van der Waals surface area contributed by atoms with E-state index in [1.165, 1.54) is 6.42 Å². The van der Waals surface area contributed by atoms with Crippen LogP contribution in [0.15, 0.2) is 4.52 Å². The molecule has 0 amide bonds. The minimum Gasteiger partial charge on any atom is -0.339 e. The molecule has 84 valence electrons. The van der Waals surface area contributed by atoms with Gasteiger partial charge in [-0.25, -0.2) is 0 Å². The van der Waals surface area contributed by atoms with Crippen molar-refractivity contribution in [3.05, 3.63) is 11.7 Å². The van der Waals surface area contributed by atoms with Crippen molar-refractivity contribution in [1.82, 2.24) is 15.5 Å². The maximum atomic E-state index is 5.33. The molecule has 2 heterocycles. The molecular weight excluding hydrogens is 190 g/mol. The van der Waals surface area contributed by atoms with Gasteiger partial charge in [-0.2, -0.15) is 4.98 Å². The molecule has 0 spiro atoms. The van der Waals surface area contributed by atoms with E-state index in [2.05, 4.69) is 29.3 Å². The van der Waals surface area contributed by atoms with Crippen molar-refractivity contribution in [3.8, 4) is 0 Å². The van der Waals surface area contributed by atoms with Gasteiger partial charge >= 0.3 is 0 Å². The van der Waals surface area contributed by atoms with Crippen LogP contribution in [0.25, 0.3) is 0 Å². The Hall–Kier alpha value is -0.900. The molecule has 2 rings (SSSR count). The Morgan fingerprint density at radius 3 is 2.93 bits per heavy atom. The number of aromatic nitrogens is 2. The Kier molecular flexibility index (Phi) is 3.36. The van der Waals surface area contributed by atoms with Gasteiger partial charge in [0.15, 0.2) is 5.82 Å². The number of hydrogen-bond donors (Lipinski definition) is 1. The molecule has 1 fully saturated rings. The molecule has 1 aromatic heterocycles. The highest BCUT2D eigenvalue weighted by Crippen LogP contribution is 2.25. The van der Waals surface area contributed by atoms with E-state index >= 15 is 0 Å². The quantitative estimate of drug-likeness (QED) is 0.810. The van der Waals surface area contributed by atoms with Crippen molar-refractivity contribution in [3.63, 3.8) is 0 Å². The molecule has 1 saturated heterocycles. The first-order valence-electron chi connectivity index (χ1n) is 5.81. The largest absolute Gasteiger partial charge is 0.339 e. The van der Waals surface area contributed by atoms with Gasteiger partial charge in [0.25, 0.3) is 0 Å². The first-order chi connectivity index (χ1) is 7.27. The Morgan fingerprint density at radius 2 is 2.20 bits per heavy atom. The van der Waals surface area contributed by atoms with Gasteiger partial charge in [-0.3, -0.25) is 0 Å². The first kappa shape index (κ1) is 10.6. The molecule has 0 radical (unpaired) electrons. The highest BCUT2D eigenvalue weighted by Gasteiger charge is 2.20. The molecule has 0 aromatic carbocycles. The minimum absolute atomic E-state index is 0.353. The maximum absolute atomic E-state index is 5.33.